The van der Waals surface area contributed by atoms with E-state index in [1.165, 1.54) is 50.5 Å². The lowest BCUT2D eigenvalue weighted by molar-refractivity contribution is -0.118. The molecule has 1 N–H and O–H groups in total. The Morgan fingerprint density at radius 1 is 1.12 bits per heavy atom. The van der Waals surface area contributed by atoms with Crippen molar-refractivity contribution in [1.82, 2.24) is 5.32 Å². The van der Waals surface area contributed by atoms with Crippen LogP contribution in [0.25, 0.3) is 0 Å². The maximum Gasteiger partial charge on any atom is 0.159 e. The molecule has 2 nitrogen and oxygen atoms in total. The summed E-state index contributed by atoms with van der Waals surface area (Å²) in [4.78, 5) is 12.9. The molecule has 0 aliphatic heterocycles. The quantitative estimate of drug-likeness (QED) is 0.528. The third kappa shape index (κ3) is 1.60. The lowest BCUT2D eigenvalue weighted by Gasteiger charge is -2.60. The Morgan fingerprint density at radius 2 is 1.88 bits per heavy atom. The number of hydrogen-bond acceptors (Lipinski definition) is 2. The number of likely N-dealkylation sites (N-methyl/N-ethyl adjacent to an activating group) is 1. The predicted octanol–water partition coefficient (Wildman–Crippen LogP) is 5.05. The first-order chi connectivity index (χ1) is 12.3. The van der Waals surface area contributed by atoms with Crippen LogP contribution in [0.2, 0.25) is 0 Å². The van der Waals surface area contributed by atoms with Crippen molar-refractivity contribution in [3.63, 3.8) is 0 Å². The van der Waals surface area contributed by atoms with Gasteiger partial charge in [0.05, 0.1) is 0 Å². The van der Waals surface area contributed by atoms with Gasteiger partial charge in [0.15, 0.2) is 5.78 Å². The van der Waals surface area contributed by atoms with E-state index in [1.807, 2.05) is 0 Å². The minimum Gasteiger partial charge on any atom is -0.313 e. The first-order valence-electron chi connectivity index (χ1n) is 10.9. The molecule has 0 radical (unpaired) electrons. The largest absolute Gasteiger partial charge is 0.313 e. The zero-order valence-corrected chi connectivity index (χ0v) is 17.1. The van der Waals surface area contributed by atoms with E-state index in [4.69, 9.17) is 0 Å². The van der Waals surface area contributed by atoms with Crippen LogP contribution in [0.15, 0.2) is 23.8 Å². The first kappa shape index (κ1) is 17.2. The Morgan fingerprint density at radius 3 is 2.58 bits per heavy atom. The second kappa shape index (κ2) is 4.93. The predicted molar refractivity (Wildman–Crippen MR) is 106 cm³/mol. The summed E-state index contributed by atoms with van der Waals surface area (Å²) in [5.41, 5.74) is 3.94. The van der Waals surface area contributed by atoms with Crippen molar-refractivity contribution in [2.45, 2.75) is 78.2 Å². The summed E-state index contributed by atoms with van der Waals surface area (Å²) in [7, 11) is 2.10. The highest BCUT2D eigenvalue weighted by Crippen LogP contribution is 2.87. The highest BCUT2D eigenvalue weighted by atomic mass is 16.1. The van der Waals surface area contributed by atoms with E-state index in [1.54, 1.807) is 0 Å². The molecule has 0 aromatic rings. The van der Waals surface area contributed by atoms with E-state index in [0.717, 1.165) is 23.8 Å². The van der Waals surface area contributed by atoms with E-state index < -0.39 is 0 Å². The molecule has 142 valence electrons. The molecule has 0 amide bonds. The number of nitrogens with one attached hydrogen (secondary N) is 1. The monoisotopic (exact) mass is 353 g/mol. The van der Waals surface area contributed by atoms with Gasteiger partial charge in [0, 0.05) is 17.9 Å². The van der Waals surface area contributed by atoms with Crippen molar-refractivity contribution in [2.75, 3.05) is 7.05 Å². The van der Waals surface area contributed by atoms with Gasteiger partial charge < -0.3 is 5.32 Å². The molecule has 0 heterocycles. The molecule has 26 heavy (non-hydrogen) atoms. The van der Waals surface area contributed by atoms with Crippen LogP contribution in [-0.2, 0) is 4.79 Å². The van der Waals surface area contributed by atoms with Gasteiger partial charge in [0.25, 0.3) is 0 Å². The van der Waals surface area contributed by atoms with Gasteiger partial charge in [-0.05, 0) is 92.6 Å². The average molecular weight is 354 g/mol. The molecule has 0 bridgehead atoms. The van der Waals surface area contributed by atoms with Crippen LogP contribution in [0.3, 0.4) is 0 Å². The molecule has 7 atom stereocenters. The summed E-state index contributed by atoms with van der Waals surface area (Å²) >= 11 is 0. The Balaban J connectivity index is 1.56. The summed E-state index contributed by atoms with van der Waals surface area (Å²) < 4.78 is 0. The van der Waals surface area contributed by atoms with Crippen molar-refractivity contribution in [1.29, 1.82) is 0 Å². The van der Waals surface area contributed by atoms with Crippen molar-refractivity contribution in [2.24, 2.45) is 33.5 Å². The van der Waals surface area contributed by atoms with Crippen LogP contribution in [0.5, 0.6) is 0 Å². The number of ketones is 1. The topological polar surface area (TPSA) is 29.1 Å². The second-order valence-electron chi connectivity index (χ2n) is 10.7. The molecule has 0 aromatic carbocycles. The smallest absolute Gasteiger partial charge is 0.159 e. The Labute approximate surface area is 158 Å². The molecule has 2 heteroatoms. The van der Waals surface area contributed by atoms with Gasteiger partial charge in [0.1, 0.15) is 0 Å². The fourth-order valence-corrected chi connectivity index (χ4v) is 9.12. The Hall–Kier alpha value is -0.890. The standard InChI is InChI=1S/C24H35NO/c1-6-16-19(26)13-22(4)20-8-7-17-15(2)18(25-5)9-10-23(17)14-24(20,23)12-11-21(16,22)3/h6,17-18,20,25H,2,7-14H2,1,3-5H3. The van der Waals surface area contributed by atoms with E-state index in [0.29, 0.717) is 22.7 Å². The van der Waals surface area contributed by atoms with Crippen molar-refractivity contribution < 1.29 is 4.79 Å². The minimum atomic E-state index is 0.102. The molecule has 7 unspecified atom stereocenters. The van der Waals surface area contributed by atoms with Crippen LogP contribution in [-0.4, -0.2) is 18.9 Å². The Kier molecular flexibility index (Phi) is 3.27. The average Bonchev–Trinajstić information content (AvgIpc) is 3.21. The zero-order chi connectivity index (χ0) is 18.5. The maximum absolute atomic E-state index is 12.9. The number of carbonyl (C=O) groups is 1. The third-order valence-corrected chi connectivity index (χ3v) is 10.5. The molecular formula is C24H35NO. The molecule has 0 saturated heterocycles. The van der Waals surface area contributed by atoms with Crippen LogP contribution in [0.1, 0.15) is 72.1 Å². The van der Waals surface area contributed by atoms with E-state index in [2.05, 4.69) is 45.8 Å². The summed E-state index contributed by atoms with van der Waals surface area (Å²) in [5.74, 6) is 1.89. The number of Topliss-reactive ketones (excluding diaryl/α,β-unsaturated/α-hetero) is 1. The molecule has 5 saturated carbocycles. The molecule has 0 aromatic heterocycles. The molecule has 5 aliphatic rings. The number of fused-ring (bicyclic) bond motifs is 2. The summed E-state index contributed by atoms with van der Waals surface area (Å²) in [6.07, 6.45) is 12.1. The molecule has 5 fully saturated rings. The number of allylic oxidation sites excluding steroid dienone is 2. The first-order valence-corrected chi connectivity index (χ1v) is 10.9. The summed E-state index contributed by atoms with van der Waals surface area (Å²) in [6, 6.07) is 0.520. The van der Waals surface area contributed by atoms with Gasteiger partial charge in [-0.2, -0.15) is 0 Å². The maximum atomic E-state index is 12.9. The van der Waals surface area contributed by atoms with Gasteiger partial charge in [0.2, 0.25) is 0 Å². The van der Waals surface area contributed by atoms with Gasteiger partial charge >= 0.3 is 0 Å². The van der Waals surface area contributed by atoms with Crippen molar-refractivity contribution in [3.05, 3.63) is 23.8 Å². The molecule has 5 aliphatic carbocycles. The normalized spacial score (nSPS) is 56.6. The van der Waals surface area contributed by atoms with Crippen LogP contribution in [0.4, 0.5) is 0 Å². The minimum absolute atomic E-state index is 0.102. The molecular weight excluding hydrogens is 318 g/mol. The fraction of sp³-hybridized carbons (Fsp3) is 0.792. The van der Waals surface area contributed by atoms with Gasteiger partial charge in [-0.1, -0.05) is 32.1 Å². The van der Waals surface area contributed by atoms with E-state index >= 15 is 0 Å². The highest BCUT2D eigenvalue weighted by molar-refractivity contribution is 6.00. The third-order valence-electron chi connectivity index (χ3n) is 10.5. The van der Waals surface area contributed by atoms with E-state index in [-0.39, 0.29) is 10.8 Å². The van der Waals surface area contributed by atoms with Gasteiger partial charge in [-0.25, -0.2) is 0 Å². The van der Waals surface area contributed by atoms with Crippen LogP contribution in [0, 0.1) is 33.5 Å². The SMILES string of the molecule is C=C1C(NC)CCC23CC24CCC2(C)C(=CC)C(=O)CC2(C)C4CCC13. The fourth-order valence-electron chi connectivity index (χ4n) is 9.12. The summed E-state index contributed by atoms with van der Waals surface area (Å²) in [6.45, 7) is 11.5. The summed E-state index contributed by atoms with van der Waals surface area (Å²) in [5, 5.41) is 3.51. The number of rotatable bonds is 1. The van der Waals surface area contributed by atoms with Crippen LogP contribution >= 0.6 is 0 Å². The zero-order valence-electron chi connectivity index (χ0n) is 17.1. The van der Waals surface area contributed by atoms with Gasteiger partial charge in [-0.15, -0.1) is 0 Å². The molecule has 2 spiro atoms. The molecule has 5 rings (SSSR count). The number of hydrogen-bond donors (Lipinski definition) is 1. The lowest BCUT2D eigenvalue weighted by Crippen LogP contribution is -2.54. The van der Waals surface area contributed by atoms with Crippen molar-refractivity contribution >= 4 is 5.78 Å². The number of carbonyl (C=O) groups excluding carboxylic acids is 1. The van der Waals surface area contributed by atoms with Crippen molar-refractivity contribution in [3.8, 4) is 0 Å². The van der Waals surface area contributed by atoms with Gasteiger partial charge in [-0.3, -0.25) is 4.79 Å². The second-order valence-corrected chi connectivity index (χ2v) is 10.7. The Bertz CT molecular complexity index is 736. The van der Waals surface area contributed by atoms with Crippen LogP contribution < -0.4 is 5.32 Å². The lowest BCUT2D eigenvalue weighted by atomic mass is 9.44. The highest BCUT2D eigenvalue weighted by Gasteiger charge is 2.81. The van der Waals surface area contributed by atoms with E-state index in [9.17, 15) is 4.79 Å².